The lowest BCUT2D eigenvalue weighted by atomic mass is 10.1. The minimum atomic E-state index is -4.38. The zero-order valence-corrected chi connectivity index (χ0v) is 11.5. The van der Waals surface area contributed by atoms with Gasteiger partial charge in [-0.15, -0.1) is 0 Å². The van der Waals surface area contributed by atoms with Crippen LogP contribution in [0.1, 0.15) is 16.8 Å². The van der Waals surface area contributed by atoms with E-state index in [9.17, 15) is 22.8 Å². The number of Topliss-reactive ketones (excluding diaryl/α,β-unsaturated/α-hetero) is 1. The maximum atomic E-state index is 11.9. The lowest BCUT2D eigenvalue weighted by Crippen LogP contribution is -2.31. The van der Waals surface area contributed by atoms with Crippen LogP contribution in [0.2, 0.25) is 5.02 Å². The lowest BCUT2D eigenvalue weighted by molar-refractivity contribution is -0.173. The fraction of sp³-hybridized carbons (Fsp3) is 0.385. The van der Waals surface area contributed by atoms with E-state index in [1.54, 1.807) is 12.1 Å². The molecule has 1 amide bonds. The number of ketones is 1. The van der Waals surface area contributed by atoms with E-state index in [0.717, 1.165) is 0 Å². The summed E-state index contributed by atoms with van der Waals surface area (Å²) in [5, 5.41) is 0.182. The first-order valence-electron chi connectivity index (χ1n) is 6.10. The van der Waals surface area contributed by atoms with Crippen molar-refractivity contribution in [2.45, 2.75) is 12.6 Å². The number of rotatable bonds is 5. The fourth-order valence-electron chi connectivity index (χ4n) is 2.04. The summed E-state index contributed by atoms with van der Waals surface area (Å²) in [6.45, 7) is -1.40. The summed E-state index contributed by atoms with van der Waals surface area (Å²) in [4.78, 5) is 24.8. The van der Waals surface area contributed by atoms with Gasteiger partial charge >= 0.3 is 6.18 Å². The molecule has 8 heteroatoms. The Morgan fingerprint density at radius 3 is 2.62 bits per heavy atom. The standard InChI is InChI=1S/C13H11ClF3NO3/c14-8-3-1-4-9-10(8)11(19)12(20)18(9)5-2-6-21-7-13(15,16)17/h1,3-4H,2,5-7H2. The van der Waals surface area contributed by atoms with Gasteiger partial charge in [0.25, 0.3) is 11.7 Å². The monoisotopic (exact) mass is 321 g/mol. The fourth-order valence-corrected chi connectivity index (χ4v) is 2.29. The molecule has 0 radical (unpaired) electrons. The van der Waals surface area contributed by atoms with Gasteiger partial charge in [0, 0.05) is 13.2 Å². The van der Waals surface area contributed by atoms with Crippen molar-refractivity contribution < 1.29 is 27.5 Å². The SMILES string of the molecule is O=C1C(=O)N(CCCOCC(F)(F)F)c2cccc(Cl)c21. The molecule has 1 aliphatic heterocycles. The lowest BCUT2D eigenvalue weighted by Gasteiger charge is -2.16. The van der Waals surface area contributed by atoms with Gasteiger partial charge in [-0.3, -0.25) is 9.59 Å². The van der Waals surface area contributed by atoms with Gasteiger partial charge in [0.05, 0.1) is 16.3 Å². The normalized spacial score (nSPS) is 14.8. The van der Waals surface area contributed by atoms with Crippen LogP contribution in [-0.4, -0.2) is 37.6 Å². The van der Waals surface area contributed by atoms with Crippen molar-refractivity contribution in [1.82, 2.24) is 0 Å². The average Bonchev–Trinajstić information content (AvgIpc) is 2.63. The van der Waals surface area contributed by atoms with E-state index < -0.39 is 24.5 Å². The molecule has 0 unspecified atom stereocenters. The zero-order chi connectivity index (χ0) is 15.6. The molecule has 0 aromatic heterocycles. The molecule has 0 saturated carbocycles. The van der Waals surface area contributed by atoms with Gasteiger partial charge in [-0.05, 0) is 18.6 Å². The third-order valence-electron chi connectivity index (χ3n) is 2.88. The number of benzene rings is 1. The predicted octanol–water partition coefficient (Wildman–Crippen LogP) is 2.84. The maximum Gasteiger partial charge on any atom is 0.411 e. The third kappa shape index (κ3) is 3.54. The number of alkyl halides is 3. The maximum absolute atomic E-state index is 11.9. The smallest absolute Gasteiger partial charge is 0.372 e. The van der Waals surface area contributed by atoms with E-state index in [4.69, 9.17) is 11.6 Å². The molecule has 1 heterocycles. The first kappa shape index (κ1) is 15.8. The van der Waals surface area contributed by atoms with Crippen molar-refractivity contribution in [3.63, 3.8) is 0 Å². The topological polar surface area (TPSA) is 46.6 Å². The summed E-state index contributed by atoms with van der Waals surface area (Å²) >= 11 is 5.88. The van der Waals surface area contributed by atoms with Gasteiger partial charge in [-0.25, -0.2) is 0 Å². The Hall–Kier alpha value is -1.60. The highest BCUT2D eigenvalue weighted by atomic mass is 35.5. The van der Waals surface area contributed by atoms with Crippen LogP contribution in [0.25, 0.3) is 0 Å². The third-order valence-corrected chi connectivity index (χ3v) is 3.20. The van der Waals surface area contributed by atoms with E-state index in [1.807, 2.05) is 0 Å². The number of carbonyl (C=O) groups is 2. The van der Waals surface area contributed by atoms with Gasteiger partial charge < -0.3 is 9.64 Å². The van der Waals surface area contributed by atoms with Crippen molar-refractivity contribution >= 4 is 29.0 Å². The van der Waals surface area contributed by atoms with E-state index in [1.165, 1.54) is 11.0 Å². The Kier molecular flexibility index (Phi) is 4.53. The Morgan fingerprint density at radius 2 is 1.95 bits per heavy atom. The van der Waals surface area contributed by atoms with Crippen molar-refractivity contribution in [2.75, 3.05) is 24.7 Å². The number of halogens is 4. The molecule has 4 nitrogen and oxygen atoms in total. The van der Waals surface area contributed by atoms with Crippen molar-refractivity contribution in [2.24, 2.45) is 0 Å². The van der Waals surface area contributed by atoms with Crippen LogP contribution in [-0.2, 0) is 9.53 Å². The molecule has 0 saturated heterocycles. The summed E-state index contributed by atoms with van der Waals surface area (Å²) in [6, 6.07) is 4.67. The number of hydrogen-bond donors (Lipinski definition) is 0. The molecule has 0 spiro atoms. The van der Waals surface area contributed by atoms with Gasteiger partial charge in [0.15, 0.2) is 0 Å². The second-order valence-electron chi connectivity index (χ2n) is 4.44. The average molecular weight is 322 g/mol. The van der Waals surface area contributed by atoms with Gasteiger partial charge in [-0.1, -0.05) is 17.7 Å². The van der Waals surface area contributed by atoms with Gasteiger partial charge in [-0.2, -0.15) is 13.2 Å². The molecule has 21 heavy (non-hydrogen) atoms. The molecule has 2 rings (SSSR count). The van der Waals surface area contributed by atoms with Gasteiger partial charge in [0.1, 0.15) is 6.61 Å². The molecular weight excluding hydrogens is 311 g/mol. The van der Waals surface area contributed by atoms with Crippen LogP contribution >= 0.6 is 11.6 Å². The number of carbonyl (C=O) groups excluding carboxylic acids is 2. The second kappa shape index (κ2) is 6.03. The molecule has 114 valence electrons. The van der Waals surface area contributed by atoms with Crippen molar-refractivity contribution in [3.05, 3.63) is 28.8 Å². The van der Waals surface area contributed by atoms with Crippen molar-refractivity contribution in [3.8, 4) is 0 Å². The molecule has 0 fully saturated rings. The molecule has 1 aromatic rings. The second-order valence-corrected chi connectivity index (χ2v) is 4.85. The summed E-state index contributed by atoms with van der Waals surface area (Å²) in [6.07, 6.45) is -4.19. The minimum Gasteiger partial charge on any atom is -0.372 e. The Bertz CT molecular complexity index is 574. The van der Waals surface area contributed by atoms with E-state index in [0.29, 0.717) is 5.69 Å². The Morgan fingerprint density at radius 1 is 1.24 bits per heavy atom. The number of nitrogens with zero attached hydrogens (tertiary/aromatic N) is 1. The highest BCUT2D eigenvalue weighted by Gasteiger charge is 2.37. The van der Waals surface area contributed by atoms with E-state index in [2.05, 4.69) is 4.74 Å². The summed E-state index contributed by atoms with van der Waals surface area (Å²) in [7, 11) is 0. The predicted molar refractivity (Wildman–Crippen MR) is 69.6 cm³/mol. The Balaban J connectivity index is 1.95. The molecule has 0 atom stereocenters. The Labute approximate surface area is 123 Å². The summed E-state index contributed by atoms with van der Waals surface area (Å²) in [5.74, 6) is -1.43. The number of anilines is 1. The first-order chi connectivity index (χ1) is 9.81. The number of hydrogen-bond acceptors (Lipinski definition) is 3. The molecule has 0 N–H and O–H groups in total. The highest BCUT2D eigenvalue weighted by Crippen LogP contribution is 2.34. The van der Waals surface area contributed by atoms with Crippen LogP contribution in [0, 0.1) is 0 Å². The molecule has 1 aliphatic rings. The van der Waals surface area contributed by atoms with Crippen LogP contribution in [0.4, 0.5) is 18.9 Å². The molecule has 0 aliphatic carbocycles. The number of fused-ring (bicyclic) bond motifs is 1. The number of ether oxygens (including phenoxy) is 1. The molecule has 0 bridgehead atoms. The quantitative estimate of drug-likeness (QED) is 0.619. The van der Waals surface area contributed by atoms with E-state index in [-0.39, 0.29) is 30.2 Å². The highest BCUT2D eigenvalue weighted by molar-refractivity contribution is 6.55. The zero-order valence-electron chi connectivity index (χ0n) is 10.7. The summed E-state index contributed by atoms with van der Waals surface area (Å²) in [5.41, 5.74) is 0.522. The van der Waals surface area contributed by atoms with Crippen LogP contribution in [0.5, 0.6) is 0 Å². The minimum absolute atomic E-state index is 0.0930. The van der Waals surface area contributed by atoms with Crippen LogP contribution in [0.3, 0.4) is 0 Å². The molecular formula is C13H11ClF3NO3. The largest absolute Gasteiger partial charge is 0.411 e. The molecule has 1 aromatic carbocycles. The van der Waals surface area contributed by atoms with Crippen LogP contribution < -0.4 is 4.90 Å². The summed E-state index contributed by atoms with van der Waals surface area (Å²) < 4.78 is 40.1. The van der Waals surface area contributed by atoms with Crippen LogP contribution in [0.15, 0.2) is 18.2 Å². The number of amides is 1. The van der Waals surface area contributed by atoms with E-state index >= 15 is 0 Å². The van der Waals surface area contributed by atoms with Gasteiger partial charge in [0.2, 0.25) is 0 Å². The van der Waals surface area contributed by atoms with Crippen molar-refractivity contribution in [1.29, 1.82) is 0 Å². The first-order valence-corrected chi connectivity index (χ1v) is 6.48.